The van der Waals surface area contributed by atoms with Gasteiger partial charge in [0.15, 0.2) is 0 Å². The van der Waals surface area contributed by atoms with E-state index in [2.05, 4.69) is 32.6 Å². The molecule has 4 heteroatoms. The molecule has 2 unspecified atom stereocenters. The van der Waals surface area contributed by atoms with Crippen LogP contribution in [0, 0.1) is 0 Å². The first-order valence-electron chi connectivity index (χ1n) is 5.20. The van der Waals surface area contributed by atoms with E-state index in [-0.39, 0.29) is 0 Å². The Balaban J connectivity index is 2.25. The quantitative estimate of drug-likeness (QED) is 0.903. The number of hydrogen-bond acceptors (Lipinski definition) is 2. The Morgan fingerprint density at radius 3 is 2.93 bits per heavy atom. The first-order valence-corrected chi connectivity index (χ1v) is 6.00. The molecule has 1 heterocycles. The van der Waals surface area contributed by atoms with Crippen LogP contribution >= 0.6 is 15.9 Å². The molecular formula is C10H16BrN3. The summed E-state index contributed by atoms with van der Waals surface area (Å²) in [6, 6.07) is 0.332. The Labute approximate surface area is 92.8 Å². The molecule has 0 aromatic carbocycles. The van der Waals surface area contributed by atoms with E-state index in [0.717, 1.165) is 23.9 Å². The summed E-state index contributed by atoms with van der Waals surface area (Å²) in [6.45, 7) is 3.16. The van der Waals surface area contributed by atoms with E-state index in [4.69, 9.17) is 5.73 Å². The van der Waals surface area contributed by atoms with Crippen molar-refractivity contribution < 1.29 is 0 Å². The lowest BCUT2D eigenvalue weighted by atomic mass is 9.78. The highest BCUT2D eigenvalue weighted by molar-refractivity contribution is 9.10. The summed E-state index contributed by atoms with van der Waals surface area (Å²) in [5.41, 5.74) is 7.28. The Bertz CT molecular complexity index is 321. The molecule has 0 radical (unpaired) electrons. The summed E-state index contributed by atoms with van der Waals surface area (Å²) in [5.74, 6) is 0.512. The molecule has 2 atom stereocenters. The number of halogens is 1. The van der Waals surface area contributed by atoms with Crippen LogP contribution in [-0.2, 0) is 6.54 Å². The number of rotatable bonds is 3. The zero-order chi connectivity index (χ0) is 10.1. The molecule has 14 heavy (non-hydrogen) atoms. The molecule has 3 nitrogen and oxygen atoms in total. The topological polar surface area (TPSA) is 43.8 Å². The fourth-order valence-corrected chi connectivity index (χ4v) is 2.59. The molecule has 0 spiro atoms. The average molecular weight is 258 g/mol. The molecule has 1 aromatic heterocycles. The molecule has 78 valence electrons. The van der Waals surface area contributed by atoms with Crippen LogP contribution < -0.4 is 5.73 Å². The van der Waals surface area contributed by atoms with Crippen LogP contribution in [0.15, 0.2) is 10.7 Å². The molecule has 1 aliphatic rings. The van der Waals surface area contributed by atoms with Crippen LogP contribution in [-0.4, -0.2) is 15.8 Å². The van der Waals surface area contributed by atoms with Crippen LogP contribution in [0.2, 0.25) is 0 Å². The van der Waals surface area contributed by atoms with Gasteiger partial charge in [-0.15, -0.1) is 0 Å². The lowest BCUT2D eigenvalue weighted by Gasteiger charge is -2.34. The van der Waals surface area contributed by atoms with E-state index in [1.807, 2.05) is 6.20 Å². The highest BCUT2D eigenvalue weighted by atomic mass is 79.9. The predicted octanol–water partition coefficient (Wildman–Crippen LogP) is 2.26. The van der Waals surface area contributed by atoms with E-state index >= 15 is 0 Å². The molecule has 2 rings (SSSR count). The van der Waals surface area contributed by atoms with E-state index < -0.39 is 0 Å². The van der Waals surface area contributed by atoms with Gasteiger partial charge < -0.3 is 5.73 Å². The number of nitrogens with two attached hydrogens (primary N) is 1. The Hall–Kier alpha value is -0.350. The summed E-state index contributed by atoms with van der Waals surface area (Å²) in [4.78, 5) is 0. The van der Waals surface area contributed by atoms with Crippen molar-refractivity contribution >= 4 is 15.9 Å². The standard InChI is InChI=1S/C10H16BrN3/c1-2-5-14-10(8(11)6-13-14)7-3-4-9(7)12/h6-7,9H,2-5,12H2,1H3. The molecule has 0 bridgehead atoms. The third-order valence-electron chi connectivity index (χ3n) is 2.95. The van der Waals surface area contributed by atoms with Gasteiger partial charge in [-0.05, 0) is 35.2 Å². The molecule has 1 fully saturated rings. The highest BCUT2D eigenvalue weighted by Crippen LogP contribution is 2.38. The number of aromatic nitrogens is 2. The summed E-state index contributed by atoms with van der Waals surface area (Å²) < 4.78 is 3.21. The van der Waals surface area contributed by atoms with Crippen LogP contribution in [0.1, 0.15) is 37.8 Å². The summed E-state index contributed by atoms with van der Waals surface area (Å²) in [6.07, 6.45) is 5.35. The maximum atomic E-state index is 5.99. The van der Waals surface area contributed by atoms with Gasteiger partial charge in [-0.2, -0.15) is 5.10 Å². The SMILES string of the molecule is CCCn1ncc(Br)c1C1CCC1N. The third kappa shape index (κ3) is 1.61. The van der Waals surface area contributed by atoms with Gasteiger partial charge in [0.25, 0.3) is 0 Å². The second-order valence-electron chi connectivity index (χ2n) is 3.95. The van der Waals surface area contributed by atoms with Gasteiger partial charge in [-0.25, -0.2) is 0 Å². The van der Waals surface area contributed by atoms with E-state index in [9.17, 15) is 0 Å². The number of aryl methyl sites for hydroxylation is 1. The van der Waals surface area contributed by atoms with Crippen LogP contribution in [0.25, 0.3) is 0 Å². The van der Waals surface area contributed by atoms with Gasteiger partial charge in [0.2, 0.25) is 0 Å². The first kappa shape index (κ1) is 10.2. The first-order chi connectivity index (χ1) is 6.74. The monoisotopic (exact) mass is 257 g/mol. The van der Waals surface area contributed by atoms with Crippen molar-refractivity contribution in [3.63, 3.8) is 0 Å². The maximum absolute atomic E-state index is 5.99. The third-order valence-corrected chi connectivity index (χ3v) is 3.56. The second-order valence-corrected chi connectivity index (χ2v) is 4.80. The molecule has 1 aromatic rings. The van der Waals surface area contributed by atoms with Gasteiger partial charge >= 0.3 is 0 Å². The second kappa shape index (κ2) is 4.03. The van der Waals surface area contributed by atoms with Crippen LogP contribution in [0.4, 0.5) is 0 Å². The number of nitrogens with zero attached hydrogens (tertiary/aromatic N) is 2. The van der Waals surface area contributed by atoms with Gasteiger partial charge in [-0.3, -0.25) is 4.68 Å². The van der Waals surface area contributed by atoms with Crippen molar-refractivity contribution in [3.05, 3.63) is 16.4 Å². The van der Waals surface area contributed by atoms with Crippen molar-refractivity contribution in [2.45, 2.75) is 44.7 Å². The minimum absolute atomic E-state index is 0.332. The molecule has 0 amide bonds. The van der Waals surface area contributed by atoms with Gasteiger partial charge in [0.05, 0.1) is 16.4 Å². The summed E-state index contributed by atoms with van der Waals surface area (Å²) >= 11 is 3.55. The van der Waals surface area contributed by atoms with Crippen LogP contribution in [0.5, 0.6) is 0 Å². The summed E-state index contributed by atoms with van der Waals surface area (Å²) in [7, 11) is 0. The Kier molecular flexibility index (Phi) is 2.93. The molecular weight excluding hydrogens is 242 g/mol. The van der Waals surface area contributed by atoms with E-state index in [1.54, 1.807) is 0 Å². The zero-order valence-electron chi connectivity index (χ0n) is 8.41. The lowest BCUT2D eigenvalue weighted by Crippen LogP contribution is -2.38. The van der Waals surface area contributed by atoms with Crippen molar-refractivity contribution in [1.29, 1.82) is 0 Å². The van der Waals surface area contributed by atoms with Crippen molar-refractivity contribution in [1.82, 2.24) is 9.78 Å². The fourth-order valence-electron chi connectivity index (χ4n) is 2.00. The lowest BCUT2D eigenvalue weighted by molar-refractivity contribution is 0.324. The van der Waals surface area contributed by atoms with Crippen molar-refractivity contribution in [3.8, 4) is 0 Å². The van der Waals surface area contributed by atoms with E-state index in [1.165, 1.54) is 12.1 Å². The number of hydrogen-bond donors (Lipinski definition) is 1. The van der Waals surface area contributed by atoms with E-state index in [0.29, 0.717) is 12.0 Å². The Morgan fingerprint density at radius 1 is 1.64 bits per heavy atom. The normalized spacial score (nSPS) is 26.2. The molecule has 0 aliphatic heterocycles. The molecule has 1 saturated carbocycles. The fraction of sp³-hybridized carbons (Fsp3) is 0.700. The Morgan fingerprint density at radius 2 is 2.43 bits per heavy atom. The average Bonchev–Trinajstić information content (AvgIpc) is 2.49. The van der Waals surface area contributed by atoms with Gasteiger partial charge in [-0.1, -0.05) is 6.92 Å². The van der Waals surface area contributed by atoms with Crippen LogP contribution in [0.3, 0.4) is 0 Å². The van der Waals surface area contributed by atoms with Crippen molar-refractivity contribution in [2.75, 3.05) is 0 Å². The zero-order valence-corrected chi connectivity index (χ0v) is 10.00. The molecule has 0 saturated heterocycles. The maximum Gasteiger partial charge on any atom is 0.0635 e. The largest absolute Gasteiger partial charge is 0.327 e. The molecule has 1 aliphatic carbocycles. The van der Waals surface area contributed by atoms with Crippen molar-refractivity contribution in [2.24, 2.45) is 5.73 Å². The minimum Gasteiger partial charge on any atom is -0.327 e. The summed E-state index contributed by atoms with van der Waals surface area (Å²) in [5, 5.41) is 4.36. The van der Waals surface area contributed by atoms with Gasteiger partial charge in [0, 0.05) is 18.5 Å². The predicted molar refractivity (Wildman–Crippen MR) is 60.2 cm³/mol. The highest BCUT2D eigenvalue weighted by Gasteiger charge is 2.32. The smallest absolute Gasteiger partial charge is 0.0635 e. The van der Waals surface area contributed by atoms with Gasteiger partial charge in [0.1, 0.15) is 0 Å². The minimum atomic E-state index is 0.332. The molecule has 2 N–H and O–H groups in total.